The minimum absolute atomic E-state index is 0.00570. The van der Waals surface area contributed by atoms with Gasteiger partial charge in [0.05, 0.1) is 6.10 Å². The maximum Gasteiger partial charge on any atom is 0.248 e. The Kier molecular flexibility index (Phi) is 4.33. The summed E-state index contributed by atoms with van der Waals surface area (Å²) in [5.74, 6) is 0.0775. The second kappa shape index (κ2) is 5.15. The molecule has 1 atom stereocenters. The molecule has 4 heteroatoms. The van der Waals surface area contributed by atoms with E-state index < -0.39 is 0 Å². The number of nitrogens with zero attached hydrogens (tertiary/aromatic N) is 1. The Labute approximate surface area is 98.1 Å². The zero-order chi connectivity index (χ0) is 12.3. The quantitative estimate of drug-likeness (QED) is 0.784. The lowest BCUT2D eigenvalue weighted by Gasteiger charge is -2.42. The van der Waals surface area contributed by atoms with Crippen LogP contribution >= 0.6 is 0 Å². The van der Waals surface area contributed by atoms with Crippen LogP contribution in [0.2, 0.25) is 0 Å². The van der Waals surface area contributed by atoms with Gasteiger partial charge in [-0.3, -0.25) is 4.79 Å². The van der Waals surface area contributed by atoms with Gasteiger partial charge in [-0.2, -0.15) is 0 Å². The van der Waals surface area contributed by atoms with Gasteiger partial charge in [0, 0.05) is 19.1 Å². The van der Waals surface area contributed by atoms with Crippen molar-refractivity contribution in [3.05, 3.63) is 0 Å². The first-order chi connectivity index (χ1) is 7.33. The molecule has 1 unspecified atom stereocenters. The fourth-order valence-electron chi connectivity index (χ4n) is 1.92. The predicted octanol–water partition coefficient (Wildman–Crippen LogP) is 0.997. The third kappa shape index (κ3) is 3.46. The van der Waals surface area contributed by atoms with Gasteiger partial charge in [-0.25, -0.2) is 0 Å². The van der Waals surface area contributed by atoms with E-state index in [1.807, 2.05) is 18.7 Å². The van der Waals surface area contributed by atoms with Crippen molar-refractivity contribution in [2.75, 3.05) is 19.7 Å². The summed E-state index contributed by atoms with van der Waals surface area (Å²) in [5, 5.41) is 0. The lowest BCUT2D eigenvalue weighted by Crippen LogP contribution is -2.54. The van der Waals surface area contributed by atoms with Gasteiger partial charge in [0.25, 0.3) is 0 Å². The second-order valence-corrected chi connectivity index (χ2v) is 5.56. The van der Waals surface area contributed by atoms with E-state index in [-0.39, 0.29) is 30.1 Å². The molecule has 0 spiro atoms. The highest BCUT2D eigenvalue weighted by molar-refractivity contribution is 5.77. The number of hydrogen-bond acceptors (Lipinski definition) is 3. The Morgan fingerprint density at radius 3 is 2.69 bits per heavy atom. The zero-order valence-corrected chi connectivity index (χ0v) is 10.8. The molecular formula is C12H24N2O2. The van der Waals surface area contributed by atoms with Crippen molar-refractivity contribution < 1.29 is 9.53 Å². The number of amides is 1. The fraction of sp³-hybridized carbons (Fsp3) is 0.917. The van der Waals surface area contributed by atoms with Crippen LogP contribution in [-0.4, -0.2) is 42.6 Å². The summed E-state index contributed by atoms with van der Waals surface area (Å²) < 4.78 is 5.33. The molecule has 4 nitrogen and oxygen atoms in total. The van der Waals surface area contributed by atoms with E-state index in [2.05, 4.69) is 13.8 Å². The van der Waals surface area contributed by atoms with Crippen LogP contribution < -0.4 is 5.73 Å². The molecule has 0 bridgehead atoms. The highest BCUT2D eigenvalue weighted by Gasteiger charge is 2.35. The topological polar surface area (TPSA) is 55.6 Å². The Balaban J connectivity index is 2.46. The highest BCUT2D eigenvalue weighted by Crippen LogP contribution is 2.27. The number of ether oxygens (including phenoxy) is 1. The van der Waals surface area contributed by atoms with Gasteiger partial charge in [0.1, 0.15) is 6.61 Å². The van der Waals surface area contributed by atoms with E-state index in [1.54, 1.807) is 0 Å². The van der Waals surface area contributed by atoms with Crippen molar-refractivity contribution in [3.8, 4) is 0 Å². The Bertz CT molecular complexity index is 251. The van der Waals surface area contributed by atoms with Crippen LogP contribution in [0.1, 0.15) is 34.1 Å². The Morgan fingerprint density at radius 2 is 2.19 bits per heavy atom. The SMILES string of the molecule is CC(C)OCC(=O)N1CCC(N)C(C)(C)C1. The molecule has 1 aliphatic heterocycles. The monoisotopic (exact) mass is 228 g/mol. The van der Waals surface area contributed by atoms with E-state index in [0.717, 1.165) is 19.5 Å². The van der Waals surface area contributed by atoms with Gasteiger partial charge in [0.15, 0.2) is 0 Å². The maximum atomic E-state index is 11.9. The van der Waals surface area contributed by atoms with Crippen molar-refractivity contribution in [1.82, 2.24) is 4.90 Å². The van der Waals surface area contributed by atoms with Crippen molar-refractivity contribution in [2.45, 2.75) is 46.3 Å². The Hall–Kier alpha value is -0.610. The minimum Gasteiger partial charge on any atom is -0.369 e. The first-order valence-corrected chi connectivity index (χ1v) is 5.98. The van der Waals surface area contributed by atoms with Crippen LogP contribution in [0.5, 0.6) is 0 Å². The third-order valence-corrected chi connectivity index (χ3v) is 3.21. The summed E-state index contributed by atoms with van der Waals surface area (Å²) in [7, 11) is 0. The van der Waals surface area contributed by atoms with Crippen molar-refractivity contribution >= 4 is 5.91 Å². The van der Waals surface area contributed by atoms with Crippen molar-refractivity contribution in [3.63, 3.8) is 0 Å². The van der Waals surface area contributed by atoms with Gasteiger partial charge in [-0.05, 0) is 25.7 Å². The molecule has 1 heterocycles. The molecule has 1 amide bonds. The van der Waals surface area contributed by atoms with Crippen molar-refractivity contribution in [1.29, 1.82) is 0 Å². The van der Waals surface area contributed by atoms with E-state index in [9.17, 15) is 4.79 Å². The molecule has 0 aromatic carbocycles. The largest absolute Gasteiger partial charge is 0.369 e. The number of nitrogens with two attached hydrogens (primary N) is 1. The van der Waals surface area contributed by atoms with E-state index in [0.29, 0.717) is 0 Å². The molecule has 0 aromatic rings. The van der Waals surface area contributed by atoms with Gasteiger partial charge in [-0.1, -0.05) is 13.8 Å². The molecule has 94 valence electrons. The average Bonchev–Trinajstić information content (AvgIpc) is 2.18. The summed E-state index contributed by atoms with van der Waals surface area (Å²) in [4.78, 5) is 13.7. The molecule has 1 rings (SSSR count). The maximum absolute atomic E-state index is 11.9. The number of carbonyl (C=O) groups excluding carboxylic acids is 1. The summed E-state index contributed by atoms with van der Waals surface area (Å²) >= 11 is 0. The van der Waals surface area contributed by atoms with Gasteiger partial charge >= 0.3 is 0 Å². The van der Waals surface area contributed by atoms with Crippen molar-refractivity contribution in [2.24, 2.45) is 11.1 Å². The van der Waals surface area contributed by atoms with E-state index >= 15 is 0 Å². The van der Waals surface area contributed by atoms with E-state index in [1.165, 1.54) is 0 Å². The van der Waals surface area contributed by atoms with Crippen LogP contribution in [0.15, 0.2) is 0 Å². The molecule has 0 aromatic heterocycles. The third-order valence-electron chi connectivity index (χ3n) is 3.21. The number of rotatable bonds is 3. The standard InChI is InChI=1S/C12H24N2O2/c1-9(2)16-7-11(15)14-6-5-10(13)12(3,4)8-14/h9-10H,5-8,13H2,1-4H3. The molecule has 2 N–H and O–H groups in total. The number of hydrogen-bond donors (Lipinski definition) is 1. The lowest BCUT2D eigenvalue weighted by molar-refractivity contribution is -0.141. The van der Waals surface area contributed by atoms with Gasteiger partial charge in [-0.15, -0.1) is 0 Å². The van der Waals surface area contributed by atoms with Crippen LogP contribution in [0.25, 0.3) is 0 Å². The van der Waals surface area contributed by atoms with E-state index in [4.69, 9.17) is 10.5 Å². The van der Waals surface area contributed by atoms with Crippen LogP contribution in [0, 0.1) is 5.41 Å². The summed E-state index contributed by atoms with van der Waals surface area (Å²) in [6.45, 7) is 9.76. The summed E-state index contributed by atoms with van der Waals surface area (Å²) in [6.07, 6.45) is 0.976. The van der Waals surface area contributed by atoms with Crippen LogP contribution in [-0.2, 0) is 9.53 Å². The molecule has 16 heavy (non-hydrogen) atoms. The van der Waals surface area contributed by atoms with Crippen LogP contribution in [0.4, 0.5) is 0 Å². The van der Waals surface area contributed by atoms with Gasteiger partial charge in [0.2, 0.25) is 5.91 Å². The molecule has 1 aliphatic rings. The highest BCUT2D eigenvalue weighted by atomic mass is 16.5. The normalized spacial score (nSPS) is 24.9. The number of likely N-dealkylation sites (tertiary alicyclic amines) is 1. The second-order valence-electron chi connectivity index (χ2n) is 5.56. The summed E-state index contributed by atoms with van der Waals surface area (Å²) in [6, 6.07) is 0.183. The molecule has 0 saturated carbocycles. The summed E-state index contributed by atoms with van der Waals surface area (Å²) in [5.41, 5.74) is 6.03. The molecule has 1 fully saturated rings. The molecule has 0 aliphatic carbocycles. The van der Waals surface area contributed by atoms with Crippen LogP contribution in [0.3, 0.4) is 0 Å². The first-order valence-electron chi connectivity index (χ1n) is 5.98. The molecule has 1 saturated heterocycles. The predicted molar refractivity (Wildman–Crippen MR) is 64.0 cm³/mol. The fourth-order valence-corrected chi connectivity index (χ4v) is 1.92. The average molecular weight is 228 g/mol. The Morgan fingerprint density at radius 1 is 1.56 bits per heavy atom. The smallest absolute Gasteiger partial charge is 0.248 e. The molecule has 0 radical (unpaired) electrons. The van der Waals surface area contributed by atoms with Gasteiger partial charge < -0.3 is 15.4 Å². The minimum atomic E-state index is 0.00570. The zero-order valence-electron chi connectivity index (χ0n) is 10.8. The number of piperidine rings is 1. The number of carbonyl (C=O) groups is 1. The first kappa shape index (κ1) is 13.5. The lowest BCUT2D eigenvalue weighted by atomic mass is 9.80. The molecular weight excluding hydrogens is 204 g/mol.